The third kappa shape index (κ3) is 5.33. The van der Waals surface area contributed by atoms with Gasteiger partial charge in [0.15, 0.2) is 0 Å². The van der Waals surface area contributed by atoms with Gasteiger partial charge in [-0.25, -0.2) is 8.78 Å². The summed E-state index contributed by atoms with van der Waals surface area (Å²) in [6, 6.07) is 24.2. The average molecular weight is 434 g/mol. The molecule has 0 unspecified atom stereocenters. The molecule has 0 amide bonds. The standard InChI is InChI=1S/C28H31F2Si/c1-2-3-6-17-31-18-15-21(16-19-31)23-11-14-27(28(30)20-23)26-8-5-4-7-25(26)22-9-12-24(29)13-10-22/h4-5,7-14,20-21H,2-3,6,15-19H2,1H3. The summed E-state index contributed by atoms with van der Waals surface area (Å²) in [5.74, 6) is 0.0704. The van der Waals surface area contributed by atoms with E-state index in [0.29, 0.717) is 11.5 Å². The number of unbranched alkanes of at least 4 members (excludes halogenated alkanes) is 2. The summed E-state index contributed by atoms with van der Waals surface area (Å²) in [5.41, 5.74) is 4.43. The molecule has 0 N–H and O–H groups in total. The molecule has 31 heavy (non-hydrogen) atoms. The molecule has 1 fully saturated rings. The van der Waals surface area contributed by atoms with Crippen LogP contribution in [0.25, 0.3) is 22.3 Å². The quantitative estimate of drug-likeness (QED) is 0.258. The van der Waals surface area contributed by atoms with Crippen LogP contribution in [0.4, 0.5) is 8.78 Å². The van der Waals surface area contributed by atoms with Crippen molar-refractivity contribution in [1.82, 2.24) is 0 Å². The molecule has 4 rings (SSSR count). The molecule has 1 heterocycles. The van der Waals surface area contributed by atoms with E-state index in [4.69, 9.17) is 0 Å². The molecule has 0 aromatic heterocycles. The Kier molecular flexibility index (Phi) is 7.34. The first-order valence-electron chi connectivity index (χ1n) is 11.6. The topological polar surface area (TPSA) is 0 Å². The van der Waals surface area contributed by atoms with Crippen molar-refractivity contribution in [2.75, 3.05) is 0 Å². The van der Waals surface area contributed by atoms with Crippen LogP contribution in [0.15, 0.2) is 66.7 Å². The number of rotatable bonds is 7. The Labute approximate surface area is 186 Å². The van der Waals surface area contributed by atoms with Gasteiger partial charge in [-0.2, -0.15) is 0 Å². The van der Waals surface area contributed by atoms with Gasteiger partial charge in [0.05, 0.1) is 0 Å². The molecule has 0 aliphatic carbocycles. The van der Waals surface area contributed by atoms with Gasteiger partial charge in [-0.3, -0.25) is 0 Å². The van der Waals surface area contributed by atoms with E-state index in [0.717, 1.165) is 22.3 Å². The fourth-order valence-corrected chi connectivity index (χ4v) is 7.85. The third-order valence-corrected chi connectivity index (χ3v) is 9.72. The molecule has 1 aliphatic rings. The second-order valence-electron chi connectivity index (χ2n) is 8.77. The van der Waals surface area contributed by atoms with Crippen LogP contribution < -0.4 is 0 Å². The number of benzene rings is 3. The fourth-order valence-electron chi connectivity index (χ4n) is 4.84. The second kappa shape index (κ2) is 10.4. The summed E-state index contributed by atoms with van der Waals surface area (Å²) in [6.45, 7) is 2.27. The molecule has 0 saturated carbocycles. The Morgan fingerprint density at radius 2 is 1.52 bits per heavy atom. The summed E-state index contributed by atoms with van der Waals surface area (Å²) in [7, 11) is -0.180. The van der Waals surface area contributed by atoms with Gasteiger partial charge in [0.2, 0.25) is 0 Å². The number of hydrogen-bond acceptors (Lipinski definition) is 0. The molecule has 161 valence electrons. The first-order valence-corrected chi connectivity index (χ1v) is 13.8. The zero-order valence-corrected chi connectivity index (χ0v) is 19.3. The zero-order valence-electron chi connectivity index (χ0n) is 18.3. The largest absolute Gasteiger partial charge is 0.207 e. The Morgan fingerprint density at radius 1 is 0.806 bits per heavy atom. The van der Waals surface area contributed by atoms with Gasteiger partial charge in [0.25, 0.3) is 0 Å². The molecule has 0 spiro atoms. The molecule has 3 aromatic rings. The molecule has 1 radical (unpaired) electrons. The lowest BCUT2D eigenvalue weighted by Gasteiger charge is -2.28. The minimum Gasteiger partial charge on any atom is -0.207 e. The van der Waals surface area contributed by atoms with Crippen LogP contribution in [-0.2, 0) is 0 Å². The van der Waals surface area contributed by atoms with Gasteiger partial charge in [-0.1, -0.05) is 92.8 Å². The summed E-state index contributed by atoms with van der Waals surface area (Å²) in [4.78, 5) is 0. The molecular weight excluding hydrogens is 402 g/mol. The Bertz CT molecular complexity index is 988. The maximum absolute atomic E-state index is 15.3. The van der Waals surface area contributed by atoms with Crippen molar-refractivity contribution >= 4 is 8.80 Å². The average Bonchev–Trinajstić information content (AvgIpc) is 2.80. The molecule has 0 atom stereocenters. The monoisotopic (exact) mass is 433 g/mol. The van der Waals surface area contributed by atoms with E-state index in [1.165, 1.54) is 62.4 Å². The van der Waals surface area contributed by atoms with Crippen molar-refractivity contribution in [2.45, 2.75) is 63.1 Å². The van der Waals surface area contributed by atoms with Crippen molar-refractivity contribution in [3.8, 4) is 22.3 Å². The summed E-state index contributed by atoms with van der Waals surface area (Å²) in [6.07, 6.45) is 6.49. The maximum atomic E-state index is 15.3. The Balaban J connectivity index is 1.51. The van der Waals surface area contributed by atoms with Crippen LogP contribution in [0.2, 0.25) is 18.1 Å². The van der Waals surface area contributed by atoms with Crippen LogP contribution >= 0.6 is 0 Å². The third-order valence-electron chi connectivity index (χ3n) is 6.66. The summed E-state index contributed by atoms with van der Waals surface area (Å²) >= 11 is 0. The van der Waals surface area contributed by atoms with Crippen LogP contribution in [0.3, 0.4) is 0 Å². The first kappa shape index (κ1) is 21.9. The second-order valence-corrected chi connectivity index (χ2v) is 11.8. The van der Waals surface area contributed by atoms with Gasteiger partial charge in [0, 0.05) is 14.4 Å². The van der Waals surface area contributed by atoms with Gasteiger partial charge in [-0.15, -0.1) is 0 Å². The lowest BCUT2D eigenvalue weighted by molar-refractivity contribution is 0.588. The zero-order chi connectivity index (χ0) is 21.6. The highest BCUT2D eigenvalue weighted by atomic mass is 28.3. The normalized spacial score (nSPS) is 15.3. The van der Waals surface area contributed by atoms with Crippen molar-refractivity contribution in [2.24, 2.45) is 0 Å². The Morgan fingerprint density at radius 3 is 2.19 bits per heavy atom. The lowest BCUT2D eigenvalue weighted by Crippen LogP contribution is -2.20. The van der Waals surface area contributed by atoms with Crippen molar-refractivity contribution in [3.05, 3.63) is 83.9 Å². The van der Waals surface area contributed by atoms with E-state index in [-0.39, 0.29) is 20.4 Å². The van der Waals surface area contributed by atoms with Crippen molar-refractivity contribution in [1.29, 1.82) is 0 Å². The highest BCUT2D eigenvalue weighted by Gasteiger charge is 2.24. The molecular formula is C28H31F2Si. The summed E-state index contributed by atoms with van der Waals surface area (Å²) < 4.78 is 28.6. The SMILES string of the molecule is CCCCC[Si]1CCC(c2ccc(-c3ccccc3-c3ccc(F)cc3)c(F)c2)CC1. The molecule has 1 saturated heterocycles. The van der Waals surface area contributed by atoms with E-state index in [1.807, 2.05) is 30.3 Å². The number of halogens is 2. The fraction of sp³-hybridized carbons (Fsp3) is 0.357. The van der Waals surface area contributed by atoms with Gasteiger partial charge in [0.1, 0.15) is 11.6 Å². The smallest absolute Gasteiger partial charge is 0.131 e. The first-order chi connectivity index (χ1) is 15.2. The minimum absolute atomic E-state index is 0.161. The van der Waals surface area contributed by atoms with Crippen LogP contribution in [0.1, 0.15) is 50.5 Å². The minimum atomic E-state index is -0.265. The highest BCUT2D eigenvalue weighted by molar-refractivity contribution is 6.59. The van der Waals surface area contributed by atoms with E-state index >= 15 is 4.39 Å². The van der Waals surface area contributed by atoms with E-state index in [1.54, 1.807) is 18.2 Å². The molecule has 3 aromatic carbocycles. The van der Waals surface area contributed by atoms with E-state index in [2.05, 4.69) is 13.0 Å². The predicted octanol–water partition coefficient (Wildman–Crippen LogP) is 8.86. The van der Waals surface area contributed by atoms with Crippen molar-refractivity contribution in [3.63, 3.8) is 0 Å². The molecule has 3 heteroatoms. The van der Waals surface area contributed by atoms with Crippen LogP contribution in [0.5, 0.6) is 0 Å². The van der Waals surface area contributed by atoms with Gasteiger partial charge in [-0.05, 0) is 59.2 Å². The van der Waals surface area contributed by atoms with Gasteiger partial charge < -0.3 is 0 Å². The van der Waals surface area contributed by atoms with E-state index < -0.39 is 0 Å². The van der Waals surface area contributed by atoms with Crippen molar-refractivity contribution < 1.29 is 8.78 Å². The van der Waals surface area contributed by atoms with Gasteiger partial charge >= 0.3 is 0 Å². The number of hydrogen-bond donors (Lipinski definition) is 0. The van der Waals surface area contributed by atoms with Crippen LogP contribution in [0, 0.1) is 11.6 Å². The lowest BCUT2D eigenvalue weighted by atomic mass is 9.89. The molecule has 0 nitrogen and oxygen atoms in total. The van der Waals surface area contributed by atoms with E-state index in [9.17, 15) is 4.39 Å². The molecule has 0 bridgehead atoms. The molecule has 1 aliphatic heterocycles. The Hall–Kier alpha value is -2.26. The van der Waals surface area contributed by atoms with Crippen LogP contribution in [-0.4, -0.2) is 8.80 Å². The summed E-state index contributed by atoms with van der Waals surface area (Å²) in [5, 5.41) is 0. The highest BCUT2D eigenvalue weighted by Crippen LogP contribution is 2.38. The maximum Gasteiger partial charge on any atom is 0.131 e. The predicted molar refractivity (Wildman–Crippen MR) is 129 cm³/mol.